The van der Waals surface area contributed by atoms with Crippen molar-refractivity contribution in [3.8, 4) is 23.3 Å². The van der Waals surface area contributed by atoms with E-state index in [4.69, 9.17) is 37.4 Å². The molecule has 1 amide bonds. The number of anilines is 1. The topological polar surface area (TPSA) is 80.6 Å². The summed E-state index contributed by atoms with van der Waals surface area (Å²) in [6, 6.07) is 19.3. The Kier molecular flexibility index (Phi) is 8.20. The minimum atomic E-state index is -0.562. The minimum absolute atomic E-state index is 0.0997. The van der Waals surface area contributed by atoms with Gasteiger partial charge in [-0.15, -0.1) is 0 Å². The molecule has 0 unspecified atom stereocenters. The zero-order chi connectivity index (χ0) is 23.8. The molecule has 8 heteroatoms. The second-order valence-corrected chi connectivity index (χ2v) is 7.58. The van der Waals surface area contributed by atoms with Crippen LogP contribution in [0.25, 0.3) is 6.08 Å². The molecule has 33 heavy (non-hydrogen) atoms. The number of halogens is 2. The molecule has 3 aromatic rings. The molecule has 6 nitrogen and oxygen atoms in total. The van der Waals surface area contributed by atoms with Crippen LogP contribution in [0.1, 0.15) is 11.1 Å². The van der Waals surface area contributed by atoms with Crippen molar-refractivity contribution in [3.63, 3.8) is 0 Å². The van der Waals surface area contributed by atoms with Crippen LogP contribution in [-0.2, 0) is 11.4 Å². The zero-order valence-corrected chi connectivity index (χ0v) is 19.4. The number of nitrogens with zero attached hydrogens (tertiary/aromatic N) is 1. The van der Waals surface area contributed by atoms with Gasteiger partial charge in [0.05, 0.1) is 19.2 Å². The van der Waals surface area contributed by atoms with E-state index in [2.05, 4.69) is 5.32 Å². The smallest absolute Gasteiger partial charge is 0.266 e. The Morgan fingerprint density at radius 2 is 1.76 bits per heavy atom. The van der Waals surface area contributed by atoms with Crippen LogP contribution in [-0.4, -0.2) is 20.1 Å². The quantitative estimate of drug-likeness (QED) is 0.308. The van der Waals surface area contributed by atoms with Crippen molar-refractivity contribution in [1.29, 1.82) is 5.26 Å². The molecular formula is C25H20Cl2N2O4. The van der Waals surface area contributed by atoms with Gasteiger partial charge in [0.2, 0.25) is 0 Å². The molecule has 3 rings (SSSR count). The Morgan fingerprint density at radius 3 is 2.39 bits per heavy atom. The average molecular weight is 483 g/mol. The van der Waals surface area contributed by atoms with E-state index in [0.717, 1.165) is 5.56 Å². The number of rotatable bonds is 8. The first-order valence-corrected chi connectivity index (χ1v) is 10.5. The van der Waals surface area contributed by atoms with Gasteiger partial charge in [-0.3, -0.25) is 4.79 Å². The Balaban J connectivity index is 1.69. The lowest BCUT2D eigenvalue weighted by Gasteiger charge is -2.11. The summed E-state index contributed by atoms with van der Waals surface area (Å²) in [6.07, 6.45) is 1.42. The molecule has 3 aromatic carbocycles. The van der Waals surface area contributed by atoms with Crippen LogP contribution in [0.5, 0.6) is 17.2 Å². The predicted octanol–water partition coefficient (Wildman–Crippen LogP) is 6.14. The van der Waals surface area contributed by atoms with E-state index < -0.39 is 5.91 Å². The Hall–Kier alpha value is -3.66. The number of carbonyl (C=O) groups excluding carboxylic acids is 1. The van der Waals surface area contributed by atoms with E-state index in [9.17, 15) is 10.1 Å². The highest BCUT2D eigenvalue weighted by molar-refractivity contribution is 6.32. The van der Waals surface area contributed by atoms with Gasteiger partial charge in [0.25, 0.3) is 5.91 Å². The number of methoxy groups -OCH3 is 2. The van der Waals surface area contributed by atoms with Crippen LogP contribution in [0.15, 0.2) is 66.2 Å². The van der Waals surface area contributed by atoms with Crippen LogP contribution in [0, 0.1) is 11.3 Å². The van der Waals surface area contributed by atoms with Crippen molar-refractivity contribution >= 4 is 40.9 Å². The van der Waals surface area contributed by atoms with Crippen molar-refractivity contribution in [2.75, 3.05) is 19.5 Å². The van der Waals surface area contributed by atoms with Gasteiger partial charge in [0.15, 0.2) is 11.5 Å². The number of ether oxygens (including phenoxy) is 3. The summed E-state index contributed by atoms with van der Waals surface area (Å²) in [6.45, 7) is 0.320. The molecule has 1 N–H and O–H groups in total. The van der Waals surface area contributed by atoms with Gasteiger partial charge >= 0.3 is 0 Å². The number of nitrogens with one attached hydrogen (secondary N) is 1. The maximum absolute atomic E-state index is 12.6. The fourth-order valence-electron chi connectivity index (χ4n) is 2.95. The number of hydrogen-bond donors (Lipinski definition) is 1. The molecule has 0 spiro atoms. The number of nitriles is 1. The summed E-state index contributed by atoms with van der Waals surface area (Å²) in [5.74, 6) is 0.814. The molecule has 0 aromatic heterocycles. The van der Waals surface area contributed by atoms with Crippen LogP contribution >= 0.6 is 23.2 Å². The van der Waals surface area contributed by atoms with Gasteiger partial charge < -0.3 is 19.5 Å². The minimum Gasteiger partial charge on any atom is -0.493 e. The largest absolute Gasteiger partial charge is 0.493 e. The third-order valence-corrected chi connectivity index (χ3v) is 5.25. The highest BCUT2D eigenvalue weighted by atomic mass is 35.5. The van der Waals surface area contributed by atoms with Crippen molar-refractivity contribution < 1.29 is 19.0 Å². The third kappa shape index (κ3) is 6.19. The summed E-state index contributed by atoms with van der Waals surface area (Å²) >= 11 is 12.3. The fraction of sp³-hybridized carbons (Fsp3) is 0.120. The molecular weight excluding hydrogens is 463 g/mol. The van der Waals surface area contributed by atoms with E-state index in [0.29, 0.717) is 45.2 Å². The summed E-state index contributed by atoms with van der Waals surface area (Å²) in [5, 5.41) is 13.1. The van der Waals surface area contributed by atoms with Gasteiger partial charge in [0.1, 0.15) is 24.0 Å². The number of hydrogen-bond acceptors (Lipinski definition) is 5. The molecule has 168 valence electrons. The summed E-state index contributed by atoms with van der Waals surface area (Å²) < 4.78 is 16.2. The van der Waals surface area contributed by atoms with Gasteiger partial charge in [-0.2, -0.15) is 5.26 Å². The number of amides is 1. The van der Waals surface area contributed by atoms with Crippen LogP contribution in [0.2, 0.25) is 10.0 Å². The first kappa shape index (κ1) is 24.0. The third-order valence-electron chi connectivity index (χ3n) is 4.60. The second-order valence-electron chi connectivity index (χ2n) is 6.77. The van der Waals surface area contributed by atoms with Crippen molar-refractivity contribution in [2.45, 2.75) is 6.61 Å². The van der Waals surface area contributed by atoms with Gasteiger partial charge in [0, 0.05) is 16.3 Å². The molecule has 0 aliphatic carbocycles. The Morgan fingerprint density at radius 1 is 1.03 bits per heavy atom. The van der Waals surface area contributed by atoms with Crippen molar-refractivity contribution in [3.05, 3.63) is 87.4 Å². The lowest BCUT2D eigenvalue weighted by molar-refractivity contribution is -0.112. The number of benzene rings is 3. The highest BCUT2D eigenvalue weighted by Gasteiger charge is 2.14. The summed E-state index contributed by atoms with van der Waals surface area (Å²) in [7, 11) is 2.95. The van der Waals surface area contributed by atoms with E-state index >= 15 is 0 Å². The standard InChI is InChI=1S/C25H20Cl2N2O4/c1-31-23-13-16(12-22(27)24(23)32-2)11-18(14-28)25(30)29-19-7-9-20(10-8-19)33-15-17-5-3-4-6-21(17)26/h3-13H,15H2,1-2H3,(H,29,30)/b18-11+. The summed E-state index contributed by atoms with van der Waals surface area (Å²) in [5.41, 5.74) is 1.80. The van der Waals surface area contributed by atoms with Gasteiger partial charge in [-0.1, -0.05) is 41.4 Å². The first-order chi connectivity index (χ1) is 15.9. The van der Waals surface area contributed by atoms with Crippen LogP contribution < -0.4 is 19.5 Å². The monoisotopic (exact) mass is 482 g/mol. The lowest BCUT2D eigenvalue weighted by atomic mass is 10.1. The van der Waals surface area contributed by atoms with E-state index in [1.807, 2.05) is 24.3 Å². The normalized spacial score (nSPS) is 10.8. The second kappa shape index (κ2) is 11.3. The molecule has 0 bridgehead atoms. The predicted molar refractivity (Wildman–Crippen MR) is 129 cm³/mol. The molecule has 0 saturated carbocycles. The first-order valence-electron chi connectivity index (χ1n) is 9.76. The maximum Gasteiger partial charge on any atom is 0.266 e. The molecule has 0 saturated heterocycles. The molecule has 0 fully saturated rings. The Labute approximate surface area is 201 Å². The number of carbonyl (C=O) groups is 1. The van der Waals surface area contributed by atoms with Crippen molar-refractivity contribution in [1.82, 2.24) is 0 Å². The summed E-state index contributed by atoms with van der Waals surface area (Å²) in [4.78, 5) is 12.6. The van der Waals surface area contributed by atoms with E-state index in [1.165, 1.54) is 20.3 Å². The molecule has 0 heterocycles. The molecule has 0 radical (unpaired) electrons. The van der Waals surface area contributed by atoms with E-state index in [-0.39, 0.29) is 5.57 Å². The van der Waals surface area contributed by atoms with Gasteiger partial charge in [-0.25, -0.2) is 0 Å². The zero-order valence-electron chi connectivity index (χ0n) is 17.9. The molecule has 0 atom stereocenters. The average Bonchev–Trinajstić information content (AvgIpc) is 2.82. The molecule has 0 aliphatic heterocycles. The van der Waals surface area contributed by atoms with Crippen molar-refractivity contribution in [2.24, 2.45) is 0 Å². The fourth-order valence-corrected chi connectivity index (χ4v) is 3.43. The molecule has 0 aliphatic rings. The maximum atomic E-state index is 12.6. The van der Waals surface area contributed by atoms with Crippen LogP contribution in [0.3, 0.4) is 0 Å². The van der Waals surface area contributed by atoms with Crippen LogP contribution in [0.4, 0.5) is 5.69 Å². The van der Waals surface area contributed by atoms with E-state index in [1.54, 1.807) is 42.5 Å². The Bertz CT molecular complexity index is 1220. The lowest BCUT2D eigenvalue weighted by Crippen LogP contribution is -2.13. The highest BCUT2D eigenvalue weighted by Crippen LogP contribution is 2.36. The SMILES string of the molecule is COc1cc(/C=C(\C#N)C(=O)Nc2ccc(OCc3ccccc3Cl)cc2)cc(Cl)c1OC. The van der Waals surface area contributed by atoms with Gasteiger partial charge in [-0.05, 0) is 54.1 Å².